The summed E-state index contributed by atoms with van der Waals surface area (Å²) in [5, 5.41) is 29.7. The molecule has 0 saturated carbocycles. The summed E-state index contributed by atoms with van der Waals surface area (Å²) in [5.41, 5.74) is 4.10. The van der Waals surface area contributed by atoms with Gasteiger partial charge in [0, 0.05) is 17.7 Å². The molecule has 3 aromatic carbocycles. The van der Waals surface area contributed by atoms with Crippen LogP contribution in [0.1, 0.15) is 5.56 Å². The molecule has 1 atom stereocenters. The number of halogens is 2. The second-order valence-corrected chi connectivity index (χ2v) is 7.47. The summed E-state index contributed by atoms with van der Waals surface area (Å²) in [6, 6.07) is 21.8. The van der Waals surface area contributed by atoms with E-state index >= 15 is 0 Å². The summed E-state index contributed by atoms with van der Waals surface area (Å²) in [4.78, 5) is 11.0. The van der Waals surface area contributed by atoms with Crippen molar-refractivity contribution in [3.8, 4) is 34.0 Å². The first-order valence-corrected chi connectivity index (χ1v) is 10.3. The van der Waals surface area contributed by atoms with Crippen LogP contribution in [0.15, 0.2) is 77.2 Å². The summed E-state index contributed by atoms with van der Waals surface area (Å²) in [6.07, 6.45) is 0. The molecule has 0 spiro atoms. The first-order chi connectivity index (χ1) is 15.6. The SMILES string of the molecule is Cl.O=C(O)[C@H](CO)NCc1ccc(-c2nnc(-c3cccc(-c4ccccc4)c3Cl)o2)cc1. The second kappa shape index (κ2) is 11.1. The van der Waals surface area contributed by atoms with Crippen molar-refractivity contribution in [1.82, 2.24) is 15.5 Å². The molecule has 7 nitrogen and oxygen atoms in total. The highest BCUT2D eigenvalue weighted by Crippen LogP contribution is 2.36. The van der Waals surface area contributed by atoms with Gasteiger partial charge in [-0.25, -0.2) is 0 Å². The fraction of sp³-hybridized carbons (Fsp3) is 0.125. The third-order valence-corrected chi connectivity index (χ3v) is 5.38. The summed E-state index contributed by atoms with van der Waals surface area (Å²) >= 11 is 6.65. The zero-order chi connectivity index (χ0) is 22.5. The molecule has 33 heavy (non-hydrogen) atoms. The van der Waals surface area contributed by atoms with Gasteiger partial charge < -0.3 is 14.6 Å². The lowest BCUT2D eigenvalue weighted by molar-refractivity contribution is -0.140. The number of aromatic nitrogens is 2. The Hall–Kier alpha value is -3.23. The van der Waals surface area contributed by atoms with Crippen molar-refractivity contribution in [2.45, 2.75) is 12.6 Å². The second-order valence-electron chi connectivity index (χ2n) is 7.10. The number of hydrogen-bond donors (Lipinski definition) is 3. The number of nitrogens with one attached hydrogen (secondary N) is 1. The molecule has 9 heteroatoms. The van der Waals surface area contributed by atoms with Gasteiger partial charge in [0.15, 0.2) is 0 Å². The van der Waals surface area contributed by atoms with Crippen LogP contribution in [0.25, 0.3) is 34.0 Å². The fourth-order valence-corrected chi connectivity index (χ4v) is 3.54. The first-order valence-electron chi connectivity index (χ1n) is 9.91. The minimum absolute atomic E-state index is 0. The number of hydrogen-bond acceptors (Lipinski definition) is 6. The predicted octanol–water partition coefficient (Wildman–Crippen LogP) is 4.68. The topological polar surface area (TPSA) is 108 Å². The van der Waals surface area contributed by atoms with Gasteiger partial charge in [0.2, 0.25) is 11.8 Å². The molecule has 0 aliphatic carbocycles. The van der Waals surface area contributed by atoms with Crippen molar-refractivity contribution >= 4 is 30.0 Å². The maximum Gasteiger partial charge on any atom is 0.323 e. The van der Waals surface area contributed by atoms with Crippen LogP contribution < -0.4 is 5.32 Å². The normalized spacial score (nSPS) is 11.6. The summed E-state index contributed by atoms with van der Waals surface area (Å²) in [7, 11) is 0. The Morgan fingerprint density at radius 2 is 1.58 bits per heavy atom. The van der Waals surface area contributed by atoms with E-state index in [1.54, 1.807) is 0 Å². The Morgan fingerprint density at radius 3 is 2.24 bits per heavy atom. The highest BCUT2D eigenvalue weighted by molar-refractivity contribution is 6.35. The van der Waals surface area contributed by atoms with Gasteiger partial charge in [-0.1, -0.05) is 66.2 Å². The van der Waals surface area contributed by atoms with Gasteiger partial charge in [-0.3, -0.25) is 10.1 Å². The molecule has 170 valence electrons. The number of nitrogens with zero attached hydrogens (tertiary/aromatic N) is 2. The van der Waals surface area contributed by atoms with Crippen molar-refractivity contribution in [2.24, 2.45) is 0 Å². The van der Waals surface area contributed by atoms with Crippen LogP contribution in [0.2, 0.25) is 5.02 Å². The largest absolute Gasteiger partial charge is 0.480 e. The molecule has 1 heterocycles. The lowest BCUT2D eigenvalue weighted by atomic mass is 10.0. The number of aliphatic hydroxyl groups excluding tert-OH is 1. The molecule has 3 N–H and O–H groups in total. The Bertz CT molecular complexity index is 1210. The van der Waals surface area contributed by atoms with Crippen LogP contribution in [0.5, 0.6) is 0 Å². The maximum absolute atomic E-state index is 11.0. The highest BCUT2D eigenvalue weighted by Gasteiger charge is 2.17. The van der Waals surface area contributed by atoms with Gasteiger partial charge >= 0.3 is 5.97 Å². The van der Waals surface area contributed by atoms with E-state index in [1.165, 1.54) is 0 Å². The third kappa shape index (κ3) is 5.58. The zero-order valence-corrected chi connectivity index (χ0v) is 18.9. The molecule has 1 aromatic heterocycles. The van der Waals surface area contributed by atoms with Gasteiger partial charge in [-0.2, -0.15) is 0 Å². The smallest absolute Gasteiger partial charge is 0.323 e. The van der Waals surface area contributed by atoms with Crippen LogP contribution >= 0.6 is 24.0 Å². The molecule has 0 radical (unpaired) electrons. The van der Waals surface area contributed by atoms with Crippen molar-refractivity contribution in [3.63, 3.8) is 0 Å². The molecule has 0 unspecified atom stereocenters. The van der Waals surface area contributed by atoms with E-state index in [2.05, 4.69) is 15.5 Å². The lowest BCUT2D eigenvalue weighted by Crippen LogP contribution is -2.39. The van der Waals surface area contributed by atoms with Crippen LogP contribution in [-0.4, -0.2) is 39.0 Å². The number of benzene rings is 3. The van der Waals surface area contributed by atoms with E-state index in [0.717, 1.165) is 22.3 Å². The molecule has 0 saturated heterocycles. The van der Waals surface area contributed by atoms with Crippen molar-refractivity contribution < 1.29 is 19.4 Å². The average Bonchev–Trinajstić information content (AvgIpc) is 3.30. The van der Waals surface area contributed by atoms with E-state index < -0.39 is 18.6 Å². The summed E-state index contributed by atoms with van der Waals surface area (Å²) < 4.78 is 5.88. The van der Waals surface area contributed by atoms with E-state index in [4.69, 9.17) is 26.2 Å². The Balaban J connectivity index is 0.00000306. The van der Waals surface area contributed by atoms with Crippen LogP contribution in [0.4, 0.5) is 0 Å². The molecule has 4 aromatic rings. The van der Waals surface area contributed by atoms with Crippen molar-refractivity contribution in [2.75, 3.05) is 6.61 Å². The number of rotatable bonds is 8. The molecule has 0 fully saturated rings. The number of aliphatic hydroxyl groups is 1. The summed E-state index contributed by atoms with van der Waals surface area (Å²) in [5.74, 6) is -0.433. The standard InChI is InChI=1S/C24H20ClN3O4.ClH/c25-21-18(16-5-2-1-3-6-16)7-4-8-19(21)23-28-27-22(32-23)17-11-9-15(10-12-17)13-26-20(14-29)24(30)31;/h1-12,20,26,29H,13-14H2,(H,30,31);1H/t20-;/m0./s1. The molecule has 0 aliphatic heterocycles. The molecule has 0 amide bonds. The minimum atomic E-state index is -1.10. The number of carboxylic acids is 1. The maximum atomic E-state index is 11.0. The summed E-state index contributed by atoms with van der Waals surface area (Å²) in [6.45, 7) is -0.180. The van der Waals surface area contributed by atoms with Gasteiger partial charge in [0.1, 0.15) is 6.04 Å². The third-order valence-electron chi connectivity index (χ3n) is 4.97. The average molecular weight is 486 g/mol. The van der Waals surface area contributed by atoms with Gasteiger partial charge in [-0.15, -0.1) is 22.6 Å². The molecule has 0 bridgehead atoms. The number of carboxylic acid groups (broad SMARTS) is 1. The Morgan fingerprint density at radius 1 is 0.909 bits per heavy atom. The van der Waals surface area contributed by atoms with Crippen LogP contribution in [0, 0.1) is 0 Å². The van der Waals surface area contributed by atoms with E-state index in [1.807, 2.05) is 72.8 Å². The highest BCUT2D eigenvalue weighted by atomic mass is 35.5. The zero-order valence-electron chi connectivity index (χ0n) is 17.3. The van der Waals surface area contributed by atoms with Gasteiger partial charge in [-0.05, 0) is 29.3 Å². The Kier molecular flexibility index (Phi) is 8.19. The van der Waals surface area contributed by atoms with Crippen LogP contribution in [0.3, 0.4) is 0 Å². The monoisotopic (exact) mass is 485 g/mol. The van der Waals surface area contributed by atoms with Gasteiger partial charge in [0.25, 0.3) is 0 Å². The van der Waals surface area contributed by atoms with Crippen molar-refractivity contribution in [1.29, 1.82) is 0 Å². The minimum Gasteiger partial charge on any atom is -0.480 e. The van der Waals surface area contributed by atoms with E-state index in [9.17, 15) is 4.79 Å². The molecular formula is C24H21Cl2N3O4. The van der Waals surface area contributed by atoms with E-state index in [0.29, 0.717) is 28.9 Å². The lowest BCUT2D eigenvalue weighted by Gasteiger charge is -2.11. The number of aliphatic carboxylic acids is 1. The number of carbonyl (C=O) groups is 1. The van der Waals surface area contributed by atoms with E-state index in [-0.39, 0.29) is 12.4 Å². The van der Waals surface area contributed by atoms with Gasteiger partial charge in [0.05, 0.1) is 17.2 Å². The van der Waals surface area contributed by atoms with Crippen molar-refractivity contribution in [3.05, 3.63) is 83.4 Å². The fourth-order valence-electron chi connectivity index (χ4n) is 3.22. The first kappa shape index (κ1) is 24.4. The molecular weight excluding hydrogens is 465 g/mol. The molecule has 0 aliphatic rings. The predicted molar refractivity (Wildman–Crippen MR) is 128 cm³/mol. The Labute approximate surface area is 201 Å². The molecule has 4 rings (SSSR count). The van der Waals surface area contributed by atoms with Crippen LogP contribution in [-0.2, 0) is 11.3 Å². The quantitative estimate of drug-likeness (QED) is 0.332.